The fraction of sp³-hybridized carbons (Fsp3) is 0.200. The molecule has 1 unspecified atom stereocenters. The number of hydrogen-bond donors (Lipinski definition) is 0. The zero-order valence-corrected chi connectivity index (χ0v) is 14.4. The Bertz CT molecular complexity index is 926. The van der Waals surface area contributed by atoms with E-state index in [4.69, 9.17) is 4.74 Å². The first-order valence-corrected chi connectivity index (χ1v) is 7.97. The fourth-order valence-corrected chi connectivity index (χ4v) is 2.73. The van der Waals surface area contributed by atoms with Gasteiger partial charge in [0.25, 0.3) is 5.91 Å². The molecule has 128 valence electrons. The Kier molecular flexibility index (Phi) is 4.65. The van der Waals surface area contributed by atoms with Crippen molar-refractivity contribution in [3.8, 4) is 5.75 Å². The van der Waals surface area contributed by atoms with Crippen LogP contribution >= 0.6 is 0 Å². The van der Waals surface area contributed by atoms with Crippen LogP contribution in [0.1, 0.15) is 29.0 Å². The summed E-state index contributed by atoms with van der Waals surface area (Å²) in [5.74, 6) is 0.153. The summed E-state index contributed by atoms with van der Waals surface area (Å²) in [6.45, 7) is 1.79. The Hall–Kier alpha value is -2.95. The molecule has 0 aliphatic carbocycles. The number of ether oxygens (including phenoxy) is 1. The second kappa shape index (κ2) is 6.89. The molecule has 0 saturated carbocycles. The van der Waals surface area contributed by atoms with Crippen LogP contribution in [0.5, 0.6) is 5.75 Å². The molecule has 25 heavy (non-hydrogen) atoms. The Morgan fingerprint density at radius 1 is 1.16 bits per heavy atom. The van der Waals surface area contributed by atoms with Crippen LogP contribution in [0.2, 0.25) is 0 Å². The van der Waals surface area contributed by atoms with E-state index in [1.807, 2.05) is 18.2 Å². The fourth-order valence-electron chi connectivity index (χ4n) is 2.73. The molecule has 3 rings (SSSR count). The SMILES string of the molecule is COc1ccc2nc(C(=O)N(C)C(C)c3ccccc3F)ccc2c1. The molecule has 0 saturated heterocycles. The van der Waals surface area contributed by atoms with Gasteiger partial charge >= 0.3 is 0 Å². The van der Waals surface area contributed by atoms with Gasteiger partial charge in [-0.25, -0.2) is 9.37 Å². The van der Waals surface area contributed by atoms with Gasteiger partial charge in [0.1, 0.15) is 17.3 Å². The summed E-state index contributed by atoms with van der Waals surface area (Å²) in [7, 11) is 3.25. The van der Waals surface area contributed by atoms with Crippen LogP contribution in [-0.4, -0.2) is 29.9 Å². The molecule has 0 fully saturated rings. The molecule has 1 atom stereocenters. The normalized spacial score (nSPS) is 12.0. The predicted octanol–water partition coefficient (Wildman–Crippen LogP) is 4.22. The molecule has 0 bridgehead atoms. The number of carbonyl (C=O) groups excluding carboxylic acids is 1. The van der Waals surface area contributed by atoms with Crippen LogP contribution < -0.4 is 4.74 Å². The molecule has 0 aliphatic rings. The molecule has 1 amide bonds. The first kappa shape index (κ1) is 16.9. The number of benzene rings is 2. The smallest absolute Gasteiger partial charge is 0.272 e. The molecule has 1 aromatic heterocycles. The van der Waals surface area contributed by atoms with Gasteiger partial charge < -0.3 is 9.64 Å². The molecule has 0 aliphatic heterocycles. The van der Waals surface area contributed by atoms with Crippen molar-refractivity contribution in [2.75, 3.05) is 14.2 Å². The van der Waals surface area contributed by atoms with Crippen molar-refractivity contribution in [2.45, 2.75) is 13.0 Å². The second-order valence-corrected chi connectivity index (χ2v) is 5.87. The summed E-state index contributed by atoms with van der Waals surface area (Å²) >= 11 is 0. The lowest BCUT2D eigenvalue weighted by Crippen LogP contribution is -2.30. The first-order valence-electron chi connectivity index (χ1n) is 7.97. The highest BCUT2D eigenvalue weighted by atomic mass is 19.1. The maximum atomic E-state index is 14.0. The van der Waals surface area contributed by atoms with E-state index in [1.165, 1.54) is 11.0 Å². The number of pyridine rings is 1. The van der Waals surface area contributed by atoms with Gasteiger partial charge in [0.2, 0.25) is 0 Å². The Morgan fingerprint density at radius 2 is 1.92 bits per heavy atom. The van der Waals surface area contributed by atoms with Crippen LogP contribution in [0.4, 0.5) is 4.39 Å². The molecule has 0 radical (unpaired) electrons. The third-order valence-corrected chi connectivity index (χ3v) is 4.37. The van der Waals surface area contributed by atoms with Crippen molar-refractivity contribution >= 4 is 16.8 Å². The minimum Gasteiger partial charge on any atom is -0.497 e. The standard InChI is InChI=1S/C20H19FN2O2/c1-13(16-6-4-5-7-17(16)21)23(2)20(24)19-10-8-14-12-15(25-3)9-11-18(14)22-19/h4-13H,1-3H3. The number of halogens is 1. The maximum absolute atomic E-state index is 14.0. The maximum Gasteiger partial charge on any atom is 0.272 e. The second-order valence-electron chi connectivity index (χ2n) is 5.87. The van der Waals surface area contributed by atoms with Crippen LogP contribution in [0, 0.1) is 5.82 Å². The molecule has 0 spiro atoms. The summed E-state index contributed by atoms with van der Waals surface area (Å²) in [6, 6.07) is 15.1. The van der Waals surface area contributed by atoms with Gasteiger partial charge in [-0.05, 0) is 37.3 Å². The van der Waals surface area contributed by atoms with Crippen molar-refractivity contribution in [3.05, 3.63) is 71.7 Å². The van der Waals surface area contributed by atoms with Gasteiger partial charge in [-0.15, -0.1) is 0 Å². The molecule has 0 N–H and O–H groups in total. The Balaban J connectivity index is 1.89. The third-order valence-electron chi connectivity index (χ3n) is 4.37. The van der Waals surface area contributed by atoms with Crippen LogP contribution in [-0.2, 0) is 0 Å². The van der Waals surface area contributed by atoms with Crippen LogP contribution in [0.3, 0.4) is 0 Å². The topological polar surface area (TPSA) is 42.4 Å². The minimum absolute atomic E-state index is 0.256. The van der Waals surface area contributed by atoms with Crippen molar-refractivity contribution in [1.29, 1.82) is 0 Å². The molecular formula is C20H19FN2O2. The van der Waals surface area contributed by atoms with E-state index < -0.39 is 6.04 Å². The zero-order chi connectivity index (χ0) is 18.0. The molecule has 1 heterocycles. The molecular weight excluding hydrogens is 319 g/mol. The van der Waals surface area contributed by atoms with Crippen molar-refractivity contribution in [3.63, 3.8) is 0 Å². The zero-order valence-electron chi connectivity index (χ0n) is 14.4. The summed E-state index contributed by atoms with van der Waals surface area (Å²) in [6.07, 6.45) is 0. The van der Waals surface area contributed by atoms with Gasteiger partial charge in [0.15, 0.2) is 0 Å². The van der Waals surface area contributed by atoms with Gasteiger partial charge in [-0.2, -0.15) is 0 Å². The summed E-state index contributed by atoms with van der Waals surface area (Å²) in [5, 5.41) is 0.890. The van der Waals surface area contributed by atoms with E-state index in [9.17, 15) is 9.18 Å². The lowest BCUT2D eigenvalue weighted by atomic mass is 10.1. The van der Waals surface area contributed by atoms with Gasteiger partial charge in [0.05, 0.1) is 18.7 Å². The van der Waals surface area contributed by atoms with Crippen molar-refractivity contribution < 1.29 is 13.9 Å². The van der Waals surface area contributed by atoms with Gasteiger partial charge in [0, 0.05) is 18.0 Å². The van der Waals surface area contributed by atoms with Crippen LogP contribution in [0.25, 0.3) is 10.9 Å². The highest BCUT2D eigenvalue weighted by Gasteiger charge is 2.22. The highest BCUT2D eigenvalue weighted by Crippen LogP contribution is 2.24. The van der Waals surface area contributed by atoms with E-state index in [0.29, 0.717) is 16.8 Å². The van der Waals surface area contributed by atoms with Crippen molar-refractivity contribution in [2.24, 2.45) is 0 Å². The number of aromatic nitrogens is 1. The summed E-state index contributed by atoms with van der Waals surface area (Å²) in [5.41, 5.74) is 1.51. The van der Waals surface area contributed by atoms with E-state index in [0.717, 1.165) is 11.1 Å². The third kappa shape index (κ3) is 3.31. The largest absolute Gasteiger partial charge is 0.497 e. The van der Waals surface area contributed by atoms with Crippen LogP contribution in [0.15, 0.2) is 54.6 Å². The number of fused-ring (bicyclic) bond motifs is 1. The van der Waals surface area contributed by atoms with Gasteiger partial charge in [-0.1, -0.05) is 24.3 Å². The Morgan fingerprint density at radius 3 is 2.64 bits per heavy atom. The van der Waals surface area contributed by atoms with E-state index in [-0.39, 0.29) is 11.7 Å². The predicted molar refractivity (Wildman–Crippen MR) is 95.2 cm³/mol. The molecule has 2 aromatic carbocycles. The van der Waals surface area contributed by atoms with E-state index in [1.54, 1.807) is 51.4 Å². The number of hydrogen-bond acceptors (Lipinski definition) is 3. The number of amides is 1. The quantitative estimate of drug-likeness (QED) is 0.715. The summed E-state index contributed by atoms with van der Waals surface area (Å²) in [4.78, 5) is 18.7. The van der Waals surface area contributed by atoms with E-state index in [2.05, 4.69) is 4.98 Å². The molecule has 4 nitrogen and oxygen atoms in total. The lowest BCUT2D eigenvalue weighted by molar-refractivity contribution is 0.0735. The van der Waals surface area contributed by atoms with Crippen molar-refractivity contribution in [1.82, 2.24) is 9.88 Å². The average Bonchev–Trinajstić information content (AvgIpc) is 2.65. The number of carbonyl (C=O) groups is 1. The molecule has 3 aromatic rings. The monoisotopic (exact) mass is 338 g/mol. The molecule has 5 heteroatoms. The number of rotatable bonds is 4. The number of methoxy groups -OCH3 is 1. The first-order chi connectivity index (χ1) is 12.0. The minimum atomic E-state index is -0.401. The van der Waals surface area contributed by atoms with Gasteiger partial charge in [-0.3, -0.25) is 4.79 Å². The lowest BCUT2D eigenvalue weighted by Gasteiger charge is -2.25. The number of nitrogens with zero attached hydrogens (tertiary/aromatic N) is 2. The highest BCUT2D eigenvalue weighted by molar-refractivity contribution is 5.95. The Labute approximate surface area is 145 Å². The average molecular weight is 338 g/mol. The summed E-state index contributed by atoms with van der Waals surface area (Å²) < 4.78 is 19.2. The van der Waals surface area contributed by atoms with E-state index >= 15 is 0 Å².